The van der Waals surface area contributed by atoms with Crippen molar-refractivity contribution in [2.24, 2.45) is 0 Å². The molecule has 0 aromatic heterocycles. The Balaban J connectivity index is 2.81. The van der Waals surface area contributed by atoms with Crippen LogP contribution in [0.15, 0.2) is 0 Å². The van der Waals surface area contributed by atoms with Gasteiger partial charge in [-0.25, -0.2) is 0 Å². The van der Waals surface area contributed by atoms with Crippen molar-refractivity contribution < 1.29 is 0 Å². The van der Waals surface area contributed by atoms with Crippen LogP contribution in [0.25, 0.3) is 0 Å². The summed E-state index contributed by atoms with van der Waals surface area (Å²) in [6.07, 6.45) is 12.4. The molecule has 2 nitrogen and oxygen atoms in total. The lowest BCUT2D eigenvalue weighted by Crippen LogP contribution is -1.81. The number of hydrogen-bond acceptors (Lipinski definition) is 2. The Morgan fingerprint density at radius 2 is 0.917 bits per heavy atom. The fourth-order valence-corrected chi connectivity index (χ4v) is 1.20. The quantitative estimate of drug-likeness (QED) is 0.391. The van der Waals surface area contributed by atoms with E-state index in [-0.39, 0.29) is 0 Å². The van der Waals surface area contributed by atoms with Gasteiger partial charge in [-0.1, -0.05) is 25.7 Å². The zero-order chi connectivity index (χ0) is 9.07. The van der Waals surface area contributed by atoms with Crippen LogP contribution >= 0.6 is 0 Å². The average molecular weight is 168 g/mol. The molecule has 0 saturated carbocycles. The summed E-state index contributed by atoms with van der Waals surface area (Å²) in [6.45, 7) is 0. The molecule has 2 heteroatoms. The largest absolute Gasteiger partial charge is 0.313 e. The first-order chi connectivity index (χ1) is 5.91. The van der Waals surface area contributed by atoms with Gasteiger partial charge in [-0.2, -0.15) is 0 Å². The van der Waals surface area contributed by atoms with Gasteiger partial charge in [0, 0.05) is 0 Å². The molecule has 0 unspecified atom stereocenters. The topological polar surface area (TPSA) is 47.7 Å². The molecule has 0 aromatic carbocycles. The molecule has 0 heterocycles. The molecule has 0 aromatic rings. The van der Waals surface area contributed by atoms with Crippen LogP contribution in [0, 0.1) is 10.8 Å². The molecule has 0 aliphatic rings. The molecule has 0 aliphatic heterocycles. The molecule has 0 spiro atoms. The van der Waals surface area contributed by atoms with E-state index in [9.17, 15) is 0 Å². The van der Waals surface area contributed by atoms with E-state index in [1.165, 1.54) is 51.0 Å². The number of nitrogens with one attached hydrogen (secondary N) is 2. The van der Waals surface area contributed by atoms with Crippen LogP contribution in [-0.2, 0) is 0 Å². The molecule has 0 aliphatic carbocycles. The third kappa shape index (κ3) is 9.34. The first kappa shape index (κ1) is 11.3. The van der Waals surface area contributed by atoms with Gasteiger partial charge in [-0.3, -0.25) is 0 Å². The van der Waals surface area contributed by atoms with Gasteiger partial charge in [0.1, 0.15) is 0 Å². The maximum atomic E-state index is 6.82. The van der Waals surface area contributed by atoms with Crippen LogP contribution in [0.3, 0.4) is 0 Å². The van der Waals surface area contributed by atoms with E-state index < -0.39 is 0 Å². The molecule has 0 saturated heterocycles. The zero-order valence-corrected chi connectivity index (χ0v) is 7.81. The van der Waals surface area contributed by atoms with Crippen LogP contribution in [0.4, 0.5) is 0 Å². The minimum absolute atomic E-state index is 0.945. The monoisotopic (exact) mass is 168 g/mol. The summed E-state index contributed by atoms with van der Waals surface area (Å²) in [6, 6.07) is 0. The molecular weight excluding hydrogens is 148 g/mol. The Morgan fingerprint density at radius 1 is 0.583 bits per heavy atom. The van der Waals surface area contributed by atoms with E-state index >= 15 is 0 Å². The summed E-state index contributed by atoms with van der Waals surface area (Å²) in [7, 11) is 0. The van der Waals surface area contributed by atoms with Gasteiger partial charge in [0.15, 0.2) is 0 Å². The van der Waals surface area contributed by atoms with Crippen LogP contribution in [0.2, 0.25) is 0 Å². The van der Waals surface area contributed by atoms with E-state index in [0.29, 0.717) is 0 Å². The van der Waals surface area contributed by atoms with Crippen LogP contribution in [-0.4, -0.2) is 12.4 Å². The molecule has 0 atom stereocenters. The molecule has 12 heavy (non-hydrogen) atoms. The lowest BCUT2D eigenvalue weighted by Gasteiger charge is -1.97. The summed E-state index contributed by atoms with van der Waals surface area (Å²) >= 11 is 0. The summed E-state index contributed by atoms with van der Waals surface area (Å²) in [5.41, 5.74) is 0. The molecule has 0 amide bonds. The summed E-state index contributed by atoms with van der Waals surface area (Å²) in [5, 5.41) is 13.6. The predicted molar refractivity (Wildman–Crippen MR) is 54.5 cm³/mol. The third-order valence-corrected chi connectivity index (χ3v) is 1.95. The highest BCUT2D eigenvalue weighted by Gasteiger charge is 1.89. The van der Waals surface area contributed by atoms with Crippen molar-refractivity contribution in [3.63, 3.8) is 0 Å². The Hall–Kier alpha value is -0.660. The second kappa shape index (κ2) is 10.3. The standard InChI is InChI=1S/C10H20N2/c11-9-7-5-3-1-2-4-6-8-10-12/h9-12H,1-8H2. The van der Waals surface area contributed by atoms with Crippen molar-refractivity contribution in [2.45, 2.75) is 51.4 Å². The zero-order valence-electron chi connectivity index (χ0n) is 7.81. The van der Waals surface area contributed by atoms with Gasteiger partial charge >= 0.3 is 0 Å². The van der Waals surface area contributed by atoms with Crippen LogP contribution in [0.1, 0.15) is 51.4 Å². The Labute approximate surface area is 75.4 Å². The van der Waals surface area contributed by atoms with Crippen LogP contribution < -0.4 is 0 Å². The Kier molecular flexibility index (Phi) is 9.77. The highest BCUT2D eigenvalue weighted by Crippen LogP contribution is 2.06. The molecule has 0 bridgehead atoms. The van der Waals surface area contributed by atoms with Crippen molar-refractivity contribution in [2.75, 3.05) is 0 Å². The van der Waals surface area contributed by atoms with E-state index in [1.54, 1.807) is 0 Å². The van der Waals surface area contributed by atoms with Crippen LogP contribution in [0.5, 0.6) is 0 Å². The van der Waals surface area contributed by atoms with Crippen molar-refractivity contribution in [1.82, 2.24) is 0 Å². The lowest BCUT2D eigenvalue weighted by atomic mass is 10.1. The molecule has 0 radical (unpaired) electrons. The fraction of sp³-hybridized carbons (Fsp3) is 0.800. The first-order valence-corrected chi connectivity index (χ1v) is 4.89. The molecule has 2 N–H and O–H groups in total. The smallest absolute Gasteiger partial charge is 0.00477 e. The highest BCUT2D eigenvalue weighted by molar-refractivity contribution is 5.52. The molecule has 70 valence electrons. The lowest BCUT2D eigenvalue weighted by molar-refractivity contribution is 0.609. The van der Waals surface area contributed by atoms with Gasteiger partial charge in [0.25, 0.3) is 0 Å². The minimum atomic E-state index is 0.945. The molecule has 0 rings (SSSR count). The van der Waals surface area contributed by atoms with E-state index in [4.69, 9.17) is 10.8 Å². The van der Waals surface area contributed by atoms with E-state index in [0.717, 1.165) is 12.8 Å². The van der Waals surface area contributed by atoms with Gasteiger partial charge in [0.05, 0.1) is 0 Å². The van der Waals surface area contributed by atoms with E-state index in [1.807, 2.05) is 0 Å². The van der Waals surface area contributed by atoms with E-state index in [2.05, 4.69) is 0 Å². The van der Waals surface area contributed by atoms with Gasteiger partial charge < -0.3 is 10.8 Å². The average Bonchev–Trinajstić information content (AvgIpc) is 2.10. The predicted octanol–water partition coefficient (Wildman–Crippen LogP) is 3.41. The Bertz CT molecular complexity index is 96.4. The highest BCUT2D eigenvalue weighted by atomic mass is 14.3. The SMILES string of the molecule is N=CCCCCCCCCC=N. The molecular formula is C10H20N2. The number of hydrogen-bond donors (Lipinski definition) is 2. The minimum Gasteiger partial charge on any atom is -0.313 e. The molecule has 0 fully saturated rings. The maximum absolute atomic E-state index is 6.82. The normalized spacial score (nSPS) is 9.67. The second-order valence-corrected chi connectivity index (χ2v) is 3.11. The van der Waals surface area contributed by atoms with Crippen molar-refractivity contribution >= 4 is 12.4 Å². The second-order valence-electron chi connectivity index (χ2n) is 3.11. The summed E-state index contributed by atoms with van der Waals surface area (Å²) in [4.78, 5) is 0. The fourth-order valence-electron chi connectivity index (χ4n) is 1.20. The van der Waals surface area contributed by atoms with Gasteiger partial charge in [-0.15, -0.1) is 0 Å². The summed E-state index contributed by atoms with van der Waals surface area (Å²) < 4.78 is 0. The van der Waals surface area contributed by atoms with Gasteiger partial charge in [-0.05, 0) is 38.1 Å². The number of rotatable bonds is 9. The van der Waals surface area contributed by atoms with Crippen molar-refractivity contribution in [3.8, 4) is 0 Å². The third-order valence-electron chi connectivity index (χ3n) is 1.95. The number of unbranched alkanes of at least 4 members (excludes halogenated alkanes) is 7. The summed E-state index contributed by atoms with van der Waals surface area (Å²) in [5.74, 6) is 0. The van der Waals surface area contributed by atoms with Gasteiger partial charge in [0.2, 0.25) is 0 Å². The van der Waals surface area contributed by atoms with Crippen molar-refractivity contribution in [3.05, 3.63) is 0 Å². The Morgan fingerprint density at radius 3 is 1.25 bits per heavy atom. The maximum Gasteiger partial charge on any atom is -0.00477 e. The first-order valence-electron chi connectivity index (χ1n) is 4.89. The van der Waals surface area contributed by atoms with Crippen molar-refractivity contribution in [1.29, 1.82) is 10.8 Å².